The van der Waals surface area contributed by atoms with Crippen LogP contribution in [0.15, 0.2) is 24.3 Å². The zero-order chi connectivity index (χ0) is 19.6. The molecular formula is C22H38O4. The molecule has 0 aliphatic heterocycles. The molecule has 4 heteroatoms. The summed E-state index contributed by atoms with van der Waals surface area (Å²) in [6.45, 7) is 5.55. The van der Waals surface area contributed by atoms with E-state index in [9.17, 15) is 20.1 Å². The lowest BCUT2D eigenvalue weighted by molar-refractivity contribution is -0.117. The fourth-order valence-corrected chi connectivity index (χ4v) is 3.68. The minimum atomic E-state index is -0.866. The van der Waals surface area contributed by atoms with Crippen LogP contribution in [-0.2, 0) is 4.79 Å². The van der Waals surface area contributed by atoms with Crippen molar-refractivity contribution < 1.29 is 20.1 Å². The normalized spacial score (nSPS) is 28.8. The summed E-state index contributed by atoms with van der Waals surface area (Å²) in [5.74, 6) is 0.0465. The van der Waals surface area contributed by atoms with Gasteiger partial charge in [0.2, 0.25) is 0 Å². The smallest absolute Gasteiger partial charge is 0.129 e. The van der Waals surface area contributed by atoms with Gasteiger partial charge in [-0.05, 0) is 45.4 Å². The molecule has 0 aromatic carbocycles. The predicted octanol–water partition coefficient (Wildman–Crippen LogP) is 3.94. The third-order valence-electron chi connectivity index (χ3n) is 5.35. The molecule has 1 saturated carbocycles. The van der Waals surface area contributed by atoms with Crippen molar-refractivity contribution in [3.63, 3.8) is 0 Å². The van der Waals surface area contributed by atoms with E-state index in [-0.39, 0.29) is 17.6 Å². The Morgan fingerprint density at radius 3 is 2.54 bits per heavy atom. The van der Waals surface area contributed by atoms with E-state index < -0.39 is 17.8 Å². The largest absolute Gasteiger partial charge is 0.393 e. The van der Waals surface area contributed by atoms with Crippen LogP contribution in [-0.4, -0.2) is 38.9 Å². The minimum absolute atomic E-state index is 0.0308. The van der Waals surface area contributed by atoms with Crippen LogP contribution in [0.4, 0.5) is 0 Å². The molecule has 1 aliphatic carbocycles. The number of allylic oxidation sites excluding steroid dienone is 2. The van der Waals surface area contributed by atoms with Gasteiger partial charge in [0.15, 0.2) is 0 Å². The number of ketones is 1. The number of aliphatic hydroxyl groups is 3. The van der Waals surface area contributed by atoms with Gasteiger partial charge in [-0.2, -0.15) is 0 Å². The van der Waals surface area contributed by atoms with Gasteiger partial charge in [-0.15, -0.1) is 0 Å². The second-order valence-corrected chi connectivity index (χ2v) is 8.09. The first-order valence-corrected chi connectivity index (χ1v) is 10.2. The first-order chi connectivity index (χ1) is 12.3. The molecule has 3 N–H and O–H groups in total. The van der Waals surface area contributed by atoms with Gasteiger partial charge < -0.3 is 20.1 Å². The Morgan fingerprint density at radius 2 is 1.88 bits per heavy atom. The molecule has 150 valence electrons. The minimum Gasteiger partial charge on any atom is -0.393 e. The molecule has 0 bridgehead atoms. The van der Waals surface area contributed by atoms with Gasteiger partial charge in [-0.1, -0.05) is 50.5 Å². The summed E-state index contributed by atoms with van der Waals surface area (Å²) in [7, 11) is 0. The lowest BCUT2D eigenvalue weighted by Gasteiger charge is -2.23. The molecule has 26 heavy (non-hydrogen) atoms. The maximum Gasteiger partial charge on any atom is 0.129 e. The molecule has 0 aromatic rings. The second kappa shape index (κ2) is 11.7. The summed E-state index contributed by atoms with van der Waals surface area (Å²) in [4.78, 5) is 10.9. The highest BCUT2D eigenvalue weighted by Gasteiger charge is 2.39. The number of rotatable bonds is 12. The fourth-order valence-electron chi connectivity index (χ4n) is 3.68. The van der Waals surface area contributed by atoms with Crippen molar-refractivity contribution in [3.8, 4) is 0 Å². The van der Waals surface area contributed by atoms with Crippen LogP contribution in [0.2, 0.25) is 0 Å². The zero-order valence-corrected chi connectivity index (χ0v) is 16.7. The van der Waals surface area contributed by atoms with E-state index in [2.05, 4.69) is 13.0 Å². The van der Waals surface area contributed by atoms with Gasteiger partial charge in [-0.3, -0.25) is 0 Å². The van der Waals surface area contributed by atoms with Crippen LogP contribution < -0.4 is 0 Å². The summed E-state index contributed by atoms with van der Waals surface area (Å²) in [5.41, 5.74) is -0.866. The molecule has 0 heterocycles. The second-order valence-electron chi connectivity index (χ2n) is 8.09. The van der Waals surface area contributed by atoms with Crippen molar-refractivity contribution in [1.82, 2.24) is 0 Å². The zero-order valence-electron chi connectivity index (χ0n) is 16.7. The number of carbonyl (C=O) groups excluding carboxylic acids is 1. The number of hydrogen-bond acceptors (Lipinski definition) is 4. The lowest BCUT2D eigenvalue weighted by atomic mass is 9.88. The lowest BCUT2D eigenvalue weighted by Crippen LogP contribution is -2.24. The van der Waals surface area contributed by atoms with Gasteiger partial charge in [0.25, 0.3) is 0 Å². The molecule has 1 rings (SSSR count). The first-order valence-electron chi connectivity index (χ1n) is 10.2. The van der Waals surface area contributed by atoms with Crippen LogP contribution in [0.25, 0.3) is 0 Å². The Kier molecular flexibility index (Phi) is 10.4. The van der Waals surface area contributed by atoms with E-state index >= 15 is 0 Å². The molecule has 0 saturated heterocycles. The molecule has 5 atom stereocenters. The average Bonchev–Trinajstić information content (AvgIpc) is 2.82. The highest BCUT2D eigenvalue weighted by Crippen LogP contribution is 2.37. The Hall–Kier alpha value is -0.970. The van der Waals surface area contributed by atoms with Gasteiger partial charge in [0.05, 0.1) is 17.8 Å². The quantitative estimate of drug-likeness (QED) is 0.361. The van der Waals surface area contributed by atoms with Crippen molar-refractivity contribution in [3.05, 3.63) is 24.3 Å². The molecule has 0 radical (unpaired) electrons. The van der Waals surface area contributed by atoms with Crippen LogP contribution >= 0.6 is 0 Å². The Bertz CT molecular complexity index is 467. The molecule has 1 aliphatic rings. The van der Waals surface area contributed by atoms with Crippen molar-refractivity contribution in [1.29, 1.82) is 0 Å². The van der Waals surface area contributed by atoms with E-state index in [0.29, 0.717) is 25.7 Å². The maximum absolute atomic E-state index is 10.9. The van der Waals surface area contributed by atoms with Crippen molar-refractivity contribution in [2.45, 2.75) is 96.4 Å². The van der Waals surface area contributed by atoms with Crippen LogP contribution in [0, 0.1) is 11.8 Å². The number of Topliss-reactive ketones (excluding diaryl/α,β-unsaturated/α-hetero) is 1. The highest BCUT2D eigenvalue weighted by molar-refractivity contribution is 5.75. The van der Waals surface area contributed by atoms with Crippen LogP contribution in [0.5, 0.6) is 0 Å². The summed E-state index contributed by atoms with van der Waals surface area (Å²) < 4.78 is 0. The summed E-state index contributed by atoms with van der Waals surface area (Å²) in [6.07, 6.45) is 14.0. The summed E-state index contributed by atoms with van der Waals surface area (Å²) in [6, 6.07) is 0. The van der Waals surface area contributed by atoms with Gasteiger partial charge in [-0.25, -0.2) is 0 Å². The van der Waals surface area contributed by atoms with Crippen LogP contribution in [0.3, 0.4) is 0 Å². The number of carbonyl (C=O) groups is 1. The van der Waals surface area contributed by atoms with E-state index in [1.807, 2.05) is 12.2 Å². The van der Waals surface area contributed by atoms with Gasteiger partial charge in [0.1, 0.15) is 5.78 Å². The summed E-state index contributed by atoms with van der Waals surface area (Å²) in [5, 5.41) is 31.0. The van der Waals surface area contributed by atoms with E-state index in [0.717, 1.165) is 32.1 Å². The Labute approximate surface area is 159 Å². The first kappa shape index (κ1) is 23.1. The van der Waals surface area contributed by atoms with Gasteiger partial charge >= 0.3 is 0 Å². The maximum atomic E-state index is 10.9. The van der Waals surface area contributed by atoms with Gasteiger partial charge in [0, 0.05) is 18.8 Å². The highest BCUT2D eigenvalue weighted by atomic mass is 16.3. The SMILES string of the molecule is CCCCC[C@](C)(O)/C=C/[C@@H]1[C@@H](C/C=C/CCCC(C)=O)[C@@H](O)C[C@H]1O. The van der Waals surface area contributed by atoms with Crippen molar-refractivity contribution in [2.75, 3.05) is 0 Å². The van der Waals surface area contributed by atoms with E-state index in [4.69, 9.17) is 0 Å². The Balaban J connectivity index is 2.56. The topological polar surface area (TPSA) is 77.8 Å². The molecule has 0 unspecified atom stereocenters. The fraction of sp³-hybridized carbons (Fsp3) is 0.773. The molecule has 1 fully saturated rings. The average molecular weight is 367 g/mol. The molecule has 4 nitrogen and oxygen atoms in total. The Morgan fingerprint density at radius 1 is 1.15 bits per heavy atom. The van der Waals surface area contributed by atoms with Crippen molar-refractivity contribution in [2.24, 2.45) is 11.8 Å². The van der Waals surface area contributed by atoms with E-state index in [1.165, 1.54) is 0 Å². The molecular weight excluding hydrogens is 328 g/mol. The number of hydrogen-bond donors (Lipinski definition) is 3. The predicted molar refractivity (Wildman–Crippen MR) is 106 cm³/mol. The third-order valence-corrected chi connectivity index (χ3v) is 5.35. The molecule has 0 aromatic heterocycles. The standard InChI is InChI=1S/C22H38O4/c1-4-5-10-14-22(3,26)15-13-19-18(20(24)16-21(19)25)12-9-7-6-8-11-17(2)23/h7,9,13,15,18-21,24-26H,4-6,8,10-12,14,16H2,1-3H3/b9-7+,15-13+/t18-,19-,20+,21-,22+/m1/s1. The van der Waals surface area contributed by atoms with Crippen LogP contribution in [0.1, 0.15) is 78.6 Å². The van der Waals surface area contributed by atoms with Crippen molar-refractivity contribution >= 4 is 5.78 Å². The number of aliphatic hydroxyl groups excluding tert-OH is 2. The van der Waals surface area contributed by atoms with E-state index in [1.54, 1.807) is 19.9 Å². The number of unbranched alkanes of at least 4 members (excludes halogenated alkanes) is 3. The molecule has 0 spiro atoms. The summed E-state index contributed by atoms with van der Waals surface area (Å²) >= 11 is 0. The monoisotopic (exact) mass is 366 g/mol. The molecule has 0 amide bonds. The third kappa shape index (κ3) is 8.61.